The lowest BCUT2D eigenvalue weighted by atomic mass is 10.2. The zero-order valence-corrected chi connectivity index (χ0v) is 8.67. The molecule has 0 saturated heterocycles. The van der Waals surface area contributed by atoms with E-state index in [-0.39, 0.29) is 0 Å². The molecule has 1 aliphatic rings. The number of likely N-dealkylation sites (N-methyl/N-ethyl adjacent to an activating group) is 1. The van der Waals surface area contributed by atoms with E-state index in [9.17, 15) is 0 Å². The Morgan fingerprint density at radius 2 is 2.50 bits per heavy atom. The number of hydrogen-bond donors (Lipinski definition) is 0. The van der Waals surface area contributed by atoms with Gasteiger partial charge in [0.15, 0.2) is 0 Å². The minimum atomic E-state index is 0.728. The molecule has 0 aromatic carbocycles. The highest BCUT2D eigenvalue weighted by Crippen LogP contribution is 2.37. The van der Waals surface area contributed by atoms with Gasteiger partial charge in [-0.25, -0.2) is 4.98 Å². The molecule has 0 N–H and O–H groups in total. The fraction of sp³-hybridized carbons (Fsp3) is 0.300. The molecule has 3 rings (SSSR count). The third kappa shape index (κ3) is 1.00. The summed E-state index contributed by atoms with van der Waals surface area (Å²) in [4.78, 5) is 6.53. The summed E-state index contributed by atoms with van der Waals surface area (Å²) in [5.74, 6) is 0.768. The number of ether oxygens (including phenoxy) is 1. The van der Waals surface area contributed by atoms with Crippen molar-refractivity contribution >= 4 is 27.1 Å². The molecule has 0 radical (unpaired) electrons. The average Bonchev–Trinajstić information content (AvgIpc) is 2.65. The van der Waals surface area contributed by atoms with E-state index in [4.69, 9.17) is 4.74 Å². The van der Waals surface area contributed by atoms with Crippen molar-refractivity contribution in [1.82, 2.24) is 4.98 Å². The molecule has 3 heterocycles. The molecule has 14 heavy (non-hydrogen) atoms. The van der Waals surface area contributed by atoms with Crippen LogP contribution in [0.5, 0.6) is 5.88 Å². The van der Waals surface area contributed by atoms with Crippen LogP contribution in [0.1, 0.15) is 0 Å². The largest absolute Gasteiger partial charge is 0.474 e. The first-order valence-electron chi connectivity index (χ1n) is 4.56. The lowest BCUT2D eigenvalue weighted by Gasteiger charge is -2.27. The Morgan fingerprint density at radius 1 is 1.57 bits per heavy atom. The van der Waals surface area contributed by atoms with E-state index in [0.29, 0.717) is 0 Å². The smallest absolute Gasteiger partial charge is 0.238 e. The highest BCUT2D eigenvalue weighted by Gasteiger charge is 2.19. The lowest BCUT2D eigenvalue weighted by Crippen LogP contribution is -2.29. The first kappa shape index (κ1) is 8.05. The number of rotatable bonds is 0. The Balaban J connectivity index is 2.35. The molecule has 72 valence electrons. The van der Waals surface area contributed by atoms with Crippen molar-refractivity contribution in [2.45, 2.75) is 0 Å². The van der Waals surface area contributed by atoms with Crippen LogP contribution in [0, 0.1) is 0 Å². The second-order valence-corrected chi connectivity index (χ2v) is 4.33. The van der Waals surface area contributed by atoms with Crippen molar-refractivity contribution in [1.29, 1.82) is 0 Å². The van der Waals surface area contributed by atoms with E-state index < -0.39 is 0 Å². The average molecular weight is 206 g/mol. The molecule has 2 aromatic rings. The quantitative estimate of drug-likeness (QED) is 0.660. The van der Waals surface area contributed by atoms with Crippen molar-refractivity contribution in [3.8, 4) is 5.88 Å². The van der Waals surface area contributed by atoms with Crippen LogP contribution in [-0.4, -0.2) is 25.2 Å². The number of aromatic nitrogens is 1. The maximum Gasteiger partial charge on any atom is 0.238 e. The van der Waals surface area contributed by atoms with Gasteiger partial charge in [0, 0.05) is 18.6 Å². The monoisotopic (exact) mass is 206 g/mol. The molecule has 0 atom stereocenters. The van der Waals surface area contributed by atoms with Crippen molar-refractivity contribution in [2.24, 2.45) is 0 Å². The van der Waals surface area contributed by atoms with Crippen molar-refractivity contribution in [3.63, 3.8) is 0 Å². The van der Waals surface area contributed by atoms with Gasteiger partial charge in [-0.15, -0.1) is 11.3 Å². The standard InChI is InChI=1S/C10H10N2OS/c1-12-3-4-13-10-9(12)7-2-5-14-8(7)6-11-10/h2,5-6H,3-4H2,1H3. The summed E-state index contributed by atoms with van der Waals surface area (Å²) >= 11 is 1.72. The number of thiophene rings is 1. The van der Waals surface area contributed by atoms with Gasteiger partial charge in [-0.05, 0) is 11.4 Å². The van der Waals surface area contributed by atoms with Crippen molar-refractivity contribution in [3.05, 3.63) is 17.6 Å². The van der Waals surface area contributed by atoms with Crippen LogP contribution < -0.4 is 9.64 Å². The summed E-state index contributed by atoms with van der Waals surface area (Å²) < 4.78 is 6.75. The van der Waals surface area contributed by atoms with Crippen LogP contribution in [0.4, 0.5) is 5.69 Å². The normalized spacial score (nSPS) is 15.4. The van der Waals surface area contributed by atoms with Gasteiger partial charge >= 0.3 is 0 Å². The van der Waals surface area contributed by atoms with Gasteiger partial charge in [-0.3, -0.25) is 0 Å². The zero-order valence-electron chi connectivity index (χ0n) is 7.86. The molecule has 1 aliphatic heterocycles. The fourth-order valence-corrected chi connectivity index (χ4v) is 2.53. The van der Waals surface area contributed by atoms with Crippen LogP contribution in [0.2, 0.25) is 0 Å². The van der Waals surface area contributed by atoms with Crippen LogP contribution in [0.25, 0.3) is 10.1 Å². The van der Waals surface area contributed by atoms with E-state index >= 15 is 0 Å². The number of fused-ring (bicyclic) bond motifs is 3. The summed E-state index contributed by atoms with van der Waals surface area (Å²) in [7, 11) is 2.08. The zero-order chi connectivity index (χ0) is 9.54. The van der Waals surface area contributed by atoms with Gasteiger partial charge in [-0.1, -0.05) is 0 Å². The number of anilines is 1. The van der Waals surface area contributed by atoms with Crippen LogP contribution in [0.3, 0.4) is 0 Å². The minimum Gasteiger partial charge on any atom is -0.474 e. The molecule has 2 aromatic heterocycles. The lowest BCUT2D eigenvalue weighted by molar-refractivity contribution is 0.300. The van der Waals surface area contributed by atoms with E-state index in [0.717, 1.165) is 24.7 Å². The summed E-state index contributed by atoms with van der Waals surface area (Å²) in [5, 5.41) is 3.34. The molecule has 3 nitrogen and oxygen atoms in total. The van der Waals surface area contributed by atoms with Gasteiger partial charge in [0.1, 0.15) is 12.3 Å². The molecular formula is C10H10N2OS. The van der Waals surface area contributed by atoms with E-state index in [1.165, 1.54) is 10.1 Å². The number of hydrogen-bond acceptors (Lipinski definition) is 4. The van der Waals surface area contributed by atoms with Gasteiger partial charge < -0.3 is 9.64 Å². The molecule has 0 saturated carbocycles. The van der Waals surface area contributed by atoms with Gasteiger partial charge in [0.05, 0.1) is 11.2 Å². The van der Waals surface area contributed by atoms with Crippen LogP contribution in [0.15, 0.2) is 17.6 Å². The summed E-state index contributed by atoms with van der Waals surface area (Å²) in [6.07, 6.45) is 1.89. The van der Waals surface area contributed by atoms with E-state index in [2.05, 4.69) is 28.4 Å². The molecule has 0 aliphatic carbocycles. The molecular weight excluding hydrogens is 196 g/mol. The highest BCUT2D eigenvalue weighted by atomic mass is 32.1. The molecule has 0 amide bonds. The van der Waals surface area contributed by atoms with Crippen LogP contribution >= 0.6 is 11.3 Å². The topological polar surface area (TPSA) is 25.4 Å². The first-order chi connectivity index (χ1) is 6.86. The van der Waals surface area contributed by atoms with Crippen molar-refractivity contribution in [2.75, 3.05) is 25.1 Å². The summed E-state index contributed by atoms with van der Waals surface area (Å²) in [6.45, 7) is 1.66. The molecule has 4 heteroatoms. The molecule has 0 bridgehead atoms. The second-order valence-electron chi connectivity index (χ2n) is 3.38. The Morgan fingerprint density at radius 3 is 3.43 bits per heavy atom. The van der Waals surface area contributed by atoms with Gasteiger partial charge in [-0.2, -0.15) is 0 Å². The SMILES string of the molecule is CN1CCOc2ncc3sccc3c21. The summed E-state index contributed by atoms with van der Waals surface area (Å²) in [6, 6.07) is 2.13. The Labute approximate surface area is 85.9 Å². The third-order valence-electron chi connectivity index (χ3n) is 2.50. The van der Waals surface area contributed by atoms with E-state index in [1.807, 2.05) is 6.20 Å². The molecule has 0 unspecified atom stereocenters. The maximum atomic E-state index is 5.52. The number of pyridine rings is 1. The maximum absolute atomic E-state index is 5.52. The fourth-order valence-electron chi connectivity index (χ4n) is 1.78. The summed E-state index contributed by atoms with van der Waals surface area (Å²) in [5.41, 5.74) is 1.13. The Kier molecular flexibility index (Phi) is 1.64. The second kappa shape index (κ2) is 2.85. The Hall–Kier alpha value is -1.29. The number of nitrogens with zero attached hydrogens (tertiary/aromatic N) is 2. The molecule has 0 spiro atoms. The first-order valence-corrected chi connectivity index (χ1v) is 5.44. The Bertz CT molecular complexity index is 480. The van der Waals surface area contributed by atoms with Gasteiger partial charge in [0.2, 0.25) is 5.88 Å². The minimum absolute atomic E-state index is 0.728. The predicted molar refractivity (Wildman–Crippen MR) is 58.4 cm³/mol. The van der Waals surface area contributed by atoms with Gasteiger partial charge in [0.25, 0.3) is 0 Å². The third-order valence-corrected chi connectivity index (χ3v) is 3.35. The van der Waals surface area contributed by atoms with E-state index in [1.54, 1.807) is 11.3 Å². The van der Waals surface area contributed by atoms with Crippen molar-refractivity contribution < 1.29 is 4.74 Å². The predicted octanol–water partition coefficient (Wildman–Crippen LogP) is 2.12. The highest BCUT2D eigenvalue weighted by molar-refractivity contribution is 7.17. The molecule has 0 fully saturated rings. The van der Waals surface area contributed by atoms with Crippen LogP contribution in [-0.2, 0) is 0 Å².